The summed E-state index contributed by atoms with van der Waals surface area (Å²) in [5.41, 5.74) is 0. The molecule has 0 heterocycles. The zero-order valence-electron chi connectivity index (χ0n) is 9.54. The molecule has 0 spiro atoms. The van der Waals surface area contributed by atoms with Crippen molar-refractivity contribution in [2.24, 2.45) is 0 Å². The lowest BCUT2D eigenvalue weighted by atomic mass is 10.4. The van der Waals surface area contributed by atoms with Gasteiger partial charge in [-0.05, 0) is 6.92 Å². The van der Waals surface area contributed by atoms with E-state index < -0.39 is 17.3 Å². The lowest BCUT2D eigenvalue weighted by Crippen LogP contribution is -2.43. The standard InChI is InChI=1S/C9H16ClN3O3/c1-6(10)8(15)12-9(16)11-5-4-7(14)13(2)3/h6H,4-5H2,1-3H3,(H2,11,12,15,16). The number of hydrogen-bond acceptors (Lipinski definition) is 3. The van der Waals surface area contributed by atoms with Crippen molar-refractivity contribution in [2.75, 3.05) is 20.6 Å². The Kier molecular flexibility index (Phi) is 6.48. The summed E-state index contributed by atoms with van der Waals surface area (Å²) in [4.78, 5) is 34.6. The topological polar surface area (TPSA) is 78.5 Å². The van der Waals surface area contributed by atoms with Gasteiger partial charge in [-0.3, -0.25) is 14.9 Å². The summed E-state index contributed by atoms with van der Waals surface area (Å²) in [5, 5.41) is 3.64. The van der Waals surface area contributed by atoms with E-state index in [4.69, 9.17) is 11.6 Å². The second-order valence-electron chi connectivity index (χ2n) is 3.40. The summed E-state index contributed by atoms with van der Waals surface area (Å²) >= 11 is 5.45. The third-order valence-corrected chi connectivity index (χ3v) is 1.92. The van der Waals surface area contributed by atoms with Gasteiger partial charge in [-0.25, -0.2) is 4.79 Å². The Bertz CT molecular complexity index is 279. The van der Waals surface area contributed by atoms with Gasteiger partial charge in [0.05, 0.1) is 0 Å². The maximum absolute atomic E-state index is 11.1. The third-order valence-electron chi connectivity index (χ3n) is 1.72. The molecule has 16 heavy (non-hydrogen) atoms. The van der Waals surface area contributed by atoms with Crippen LogP contribution in [0.25, 0.3) is 0 Å². The van der Waals surface area contributed by atoms with Gasteiger partial charge in [-0.15, -0.1) is 11.6 Å². The van der Waals surface area contributed by atoms with Crippen LogP contribution in [0.3, 0.4) is 0 Å². The fourth-order valence-electron chi connectivity index (χ4n) is 0.762. The van der Waals surface area contributed by atoms with Crippen molar-refractivity contribution in [3.63, 3.8) is 0 Å². The van der Waals surface area contributed by atoms with Gasteiger partial charge in [0.15, 0.2) is 0 Å². The Balaban J connectivity index is 3.75. The monoisotopic (exact) mass is 249 g/mol. The van der Waals surface area contributed by atoms with Gasteiger partial charge in [-0.2, -0.15) is 0 Å². The number of carbonyl (C=O) groups excluding carboxylic acids is 3. The molecule has 0 saturated heterocycles. The van der Waals surface area contributed by atoms with Crippen molar-refractivity contribution in [1.29, 1.82) is 0 Å². The molecule has 1 unspecified atom stereocenters. The molecule has 0 aliphatic heterocycles. The summed E-state index contributed by atoms with van der Waals surface area (Å²) in [6.07, 6.45) is 0.186. The van der Waals surface area contributed by atoms with Crippen molar-refractivity contribution >= 4 is 29.4 Å². The normalized spacial score (nSPS) is 11.5. The summed E-state index contributed by atoms with van der Waals surface area (Å²) in [6.45, 7) is 1.63. The predicted octanol–water partition coefficient (Wildman–Crippen LogP) is -0.0822. The highest BCUT2D eigenvalue weighted by molar-refractivity contribution is 6.31. The Morgan fingerprint density at radius 3 is 2.31 bits per heavy atom. The number of amides is 4. The molecule has 2 N–H and O–H groups in total. The molecule has 1 atom stereocenters. The summed E-state index contributed by atoms with van der Waals surface area (Å²) in [6, 6.07) is -0.649. The van der Waals surface area contributed by atoms with E-state index in [0.717, 1.165) is 0 Å². The minimum absolute atomic E-state index is 0.0997. The average Bonchev–Trinajstić information content (AvgIpc) is 2.16. The molecule has 7 heteroatoms. The van der Waals surface area contributed by atoms with Crippen molar-refractivity contribution in [3.8, 4) is 0 Å². The molecule has 0 radical (unpaired) electrons. The van der Waals surface area contributed by atoms with E-state index in [-0.39, 0.29) is 18.9 Å². The summed E-state index contributed by atoms with van der Waals surface area (Å²) in [5.74, 6) is -0.671. The third kappa shape index (κ3) is 6.23. The predicted molar refractivity (Wildman–Crippen MR) is 60.2 cm³/mol. The van der Waals surface area contributed by atoms with E-state index in [1.165, 1.54) is 11.8 Å². The quantitative estimate of drug-likeness (QED) is 0.684. The maximum Gasteiger partial charge on any atom is 0.321 e. The average molecular weight is 250 g/mol. The van der Waals surface area contributed by atoms with E-state index >= 15 is 0 Å². The number of hydrogen-bond donors (Lipinski definition) is 2. The van der Waals surface area contributed by atoms with Crippen LogP contribution in [0.4, 0.5) is 4.79 Å². The Labute approximate surface area is 99.3 Å². The molecule has 0 aliphatic carbocycles. The summed E-state index contributed by atoms with van der Waals surface area (Å²) < 4.78 is 0. The number of alkyl halides is 1. The molecule has 0 aromatic heterocycles. The molecule has 0 aromatic rings. The van der Waals surface area contributed by atoms with Crippen molar-refractivity contribution in [3.05, 3.63) is 0 Å². The number of halogens is 1. The fraction of sp³-hybridized carbons (Fsp3) is 0.667. The van der Waals surface area contributed by atoms with Crippen LogP contribution in [0, 0.1) is 0 Å². The zero-order valence-corrected chi connectivity index (χ0v) is 10.3. The van der Waals surface area contributed by atoms with Crippen LogP contribution >= 0.6 is 11.6 Å². The SMILES string of the molecule is CC(Cl)C(=O)NC(=O)NCCC(=O)N(C)C. The first-order valence-electron chi connectivity index (χ1n) is 4.77. The molecule has 6 nitrogen and oxygen atoms in total. The van der Waals surface area contributed by atoms with E-state index in [1.54, 1.807) is 14.1 Å². The number of imide groups is 1. The summed E-state index contributed by atoms with van der Waals surface area (Å²) in [7, 11) is 3.25. The van der Waals surface area contributed by atoms with Crippen LogP contribution in [0.2, 0.25) is 0 Å². The second kappa shape index (κ2) is 7.05. The van der Waals surface area contributed by atoms with Gasteiger partial charge in [0.1, 0.15) is 5.38 Å². The molecule has 92 valence electrons. The lowest BCUT2D eigenvalue weighted by Gasteiger charge is -2.11. The number of urea groups is 1. The van der Waals surface area contributed by atoms with Gasteiger partial charge in [0, 0.05) is 27.1 Å². The maximum atomic E-state index is 11.1. The molecule has 0 rings (SSSR count). The van der Waals surface area contributed by atoms with E-state index in [9.17, 15) is 14.4 Å². The van der Waals surface area contributed by atoms with Crippen molar-refractivity contribution in [1.82, 2.24) is 15.5 Å². The van der Waals surface area contributed by atoms with Crippen molar-refractivity contribution in [2.45, 2.75) is 18.7 Å². The highest BCUT2D eigenvalue weighted by Crippen LogP contribution is 1.91. The van der Waals surface area contributed by atoms with Gasteiger partial charge >= 0.3 is 6.03 Å². The zero-order chi connectivity index (χ0) is 12.7. The van der Waals surface area contributed by atoms with Crippen LogP contribution in [0.1, 0.15) is 13.3 Å². The first-order chi connectivity index (χ1) is 7.34. The Morgan fingerprint density at radius 2 is 1.88 bits per heavy atom. The highest BCUT2D eigenvalue weighted by Gasteiger charge is 2.12. The van der Waals surface area contributed by atoms with Gasteiger partial charge in [0.2, 0.25) is 11.8 Å². The van der Waals surface area contributed by atoms with Crippen molar-refractivity contribution < 1.29 is 14.4 Å². The molecular formula is C9H16ClN3O3. The molecule has 0 aliphatic rings. The van der Waals surface area contributed by atoms with Gasteiger partial charge in [0.25, 0.3) is 0 Å². The van der Waals surface area contributed by atoms with E-state index in [2.05, 4.69) is 5.32 Å². The minimum Gasteiger partial charge on any atom is -0.349 e. The Hall–Kier alpha value is -1.30. The molecular weight excluding hydrogens is 234 g/mol. The van der Waals surface area contributed by atoms with Gasteiger partial charge in [-0.1, -0.05) is 0 Å². The molecule has 0 aromatic carbocycles. The van der Waals surface area contributed by atoms with Crippen LogP contribution in [-0.2, 0) is 9.59 Å². The van der Waals surface area contributed by atoms with Crippen LogP contribution in [-0.4, -0.2) is 48.8 Å². The van der Waals surface area contributed by atoms with E-state index in [0.29, 0.717) is 0 Å². The second-order valence-corrected chi connectivity index (χ2v) is 4.05. The first-order valence-corrected chi connectivity index (χ1v) is 5.21. The van der Waals surface area contributed by atoms with Crippen LogP contribution in [0.5, 0.6) is 0 Å². The lowest BCUT2D eigenvalue weighted by molar-refractivity contribution is -0.128. The minimum atomic E-state index is -0.769. The fourth-order valence-corrected chi connectivity index (χ4v) is 0.817. The molecule has 0 bridgehead atoms. The van der Waals surface area contributed by atoms with E-state index in [1.807, 2.05) is 5.32 Å². The van der Waals surface area contributed by atoms with Crippen LogP contribution < -0.4 is 10.6 Å². The number of carbonyl (C=O) groups is 3. The van der Waals surface area contributed by atoms with Crippen LogP contribution in [0.15, 0.2) is 0 Å². The molecule has 4 amide bonds. The number of nitrogens with one attached hydrogen (secondary N) is 2. The first kappa shape index (κ1) is 14.7. The number of nitrogens with zero attached hydrogens (tertiary/aromatic N) is 1. The largest absolute Gasteiger partial charge is 0.349 e. The van der Waals surface area contributed by atoms with Gasteiger partial charge < -0.3 is 10.2 Å². The molecule has 0 saturated carbocycles. The molecule has 0 fully saturated rings. The Morgan fingerprint density at radius 1 is 1.31 bits per heavy atom. The smallest absolute Gasteiger partial charge is 0.321 e. The number of rotatable bonds is 4. The highest BCUT2D eigenvalue weighted by atomic mass is 35.5.